The number of fused-ring (bicyclic) bond motifs is 1. The van der Waals surface area contributed by atoms with Crippen LogP contribution in [0.3, 0.4) is 0 Å². The number of benzene rings is 1. The smallest absolute Gasteiger partial charge is 0.250 e. The number of primary amides is 1. The number of hydrogen-bond acceptors (Lipinski definition) is 4. The van der Waals surface area contributed by atoms with E-state index < -0.39 is 16.9 Å². The Morgan fingerprint density at radius 1 is 1.38 bits per heavy atom. The van der Waals surface area contributed by atoms with Gasteiger partial charge in [0, 0.05) is 23.6 Å². The summed E-state index contributed by atoms with van der Waals surface area (Å²) in [5.74, 6) is -0.940. The van der Waals surface area contributed by atoms with Gasteiger partial charge in [-0.3, -0.25) is 9.59 Å². The highest BCUT2D eigenvalue weighted by Crippen LogP contribution is 2.57. The molecule has 0 bridgehead atoms. The number of hydrogen-bond donors (Lipinski definition) is 3. The Labute approximate surface area is 145 Å². The highest BCUT2D eigenvalue weighted by atomic mass is 35.5. The van der Waals surface area contributed by atoms with Gasteiger partial charge in [-0.15, -0.1) is 0 Å². The summed E-state index contributed by atoms with van der Waals surface area (Å²) in [7, 11) is 0. The largest absolute Gasteiger partial charge is 0.377 e. The highest BCUT2D eigenvalue weighted by Gasteiger charge is 2.70. The van der Waals surface area contributed by atoms with Crippen LogP contribution in [0, 0.1) is 11.3 Å². The zero-order valence-electron chi connectivity index (χ0n) is 13.8. The number of nitrogens with two attached hydrogens (primary N) is 2. The Morgan fingerprint density at radius 3 is 2.75 bits per heavy atom. The third kappa shape index (κ3) is 2.32. The number of carbonyl (C=O) groups is 2. The van der Waals surface area contributed by atoms with E-state index in [4.69, 9.17) is 27.8 Å². The molecule has 1 aliphatic carbocycles. The fourth-order valence-corrected chi connectivity index (χ4v) is 4.27. The van der Waals surface area contributed by atoms with Gasteiger partial charge in [-0.25, -0.2) is 0 Å². The summed E-state index contributed by atoms with van der Waals surface area (Å²) in [6.07, 6.45) is 1.76. The van der Waals surface area contributed by atoms with E-state index in [0.717, 1.165) is 12.8 Å². The van der Waals surface area contributed by atoms with Gasteiger partial charge in [0.2, 0.25) is 11.8 Å². The molecule has 0 aromatic heterocycles. The van der Waals surface area contributed by atoms with Crippen molar-refractivity contribution < 1.29 is 14.3 Å². The Hall–Kier alpha value is -1.63. The van der Waals surface area contributed by atoms with Crippen molar-refractivity contribution in [1.82, 2.24) is 0 Å². The van der Waals surface area contributed by atoms with E-state index in [2.05, 4.69) is 5.32 Å². The number of amides is 2. The van der Waals surface area contributed by atoms with Crippen molar-refractivity contribution in [2.45, 2.75) is 38.3 Å². The van der Waals surface area contributed by atoms with E-state index in [0.29, 0.717) is 12.3 Å². The molecule has 0 spiro atoms. The minimum atomic E-state index is -1.02. The summed E-state index contributed by atoms with van der Waals surface area (Å²) in [6, 6.07) is 4.61. The molecule has 1 saturated heterocycles. The molecule has 130 valence electrons. The number of ether oxygens (including phenoxy) is 1. The van der Waals surface area contributed by atoms with Gasteiger partial charge in [-0.05, 0) is 31.0 Å². The van der Waals surface area contributed by atoms with E-state index in [1.165, 1.54) is 12.1 Å². The van der Waals surface area contributed by atoms with Gasteiger partial charge in [-0.2, -0.15) is 0 Å². The summed E-state index contributed by atoms with van der Waals surface area (Å²) in [4.78, 5) is 24.3. The molecular formula is C17H22ClN3O3. The second kappa shape index (κ2) is 5.72. The molecule has 5 N–H and O–H groups in total. The summed E-state index contributed by atoms with van der Waals surface area (Å²) in [5.41, 5.74) is 10.9. The first-order valence-electron chi connectivity index (χ1n) is 8.01. The topological polar surface area (TPSA) is 107 Å². The van der Waals surface area contributed by atoms with Crippen LogP contribution in [0.15, 0.2) is 18.2 Å². The monoisotopic (exact) mass is 351 g/mol. The van der Waals surface area contributed by atoms with E-state index in [-0.39, 0.29) is 28.5 Å². The molecule has 1 aliphatic heterocycles. The zero-order chi connectivity index (χ0) is 17.7. The average Bonchev–Trinajstić information content (AvgIpc) is 2.55. The van der Waals surface area contributed by atoms with Crippen molar-refractivity contribution in [3.05, 3.63) is 28.8 Å². The van der Waals surface area contributed by atoms with Crippen LogP contribution in [-0.4, -0.2) is 30.1 Å². The molecule has 2 fully saturated rings. The maximum atomic E-state index is 12.9. The summed E-state index contributed by atoms with van der Waals surface area (Å²) in [6.45, 7) is 4.62. The van der Waals surface area contributed by atoms with Gasteiger partial charge in [0.15, 0.2) is 0 Å². The number of carbonyl (C=O) groups excluding carboxylic acids is 2. The Morgan fingerprint density at radius 2 is 2.08 bits per heavy atom. The van der Waals surface area contributed by atoms with Gasteiger partial charge in [0.1, 0.15) is 5.54 Å². The van der Waals surface area contributed by atoms with Crippen LogP contribution in [-0.2, 0) is 9.53 Å². The van der Waals surface area contributed by atoms with Crippen LogP contribution in [0.25, 0.3) is 0 Å². The predicted octanol–water partition coefficient (Wildman–Crippen LogP) is 1.91. The summed E-state index contributed by atoms with van der Waals surface area (Å²) in [5, 5.41) is 3.05. The van der Waals surface area contributed by atoms with Crippen molar-refractivity contribution in [3.8, 4) is 0 Å². The van der Waals surface area contributed by atoms with Crippen molar-refractivity contribution in [3.63, 3.8) is 0 Å². The van der Waals surface area contributed by atoms with E-state index in [1.807, 2.05) is 13.8 Å². The van der Waals surface area contributed by atoms with Gasteiger partial charge in [0.25, 0.3) is 0 Å². The molecule has 1 aromatic rings. The number of nitrogens with one attached hydrogen (secondary N) is 1. The normalized spacial score (nSPS) is 30.8. The lowest BCUT2D eigenvalue weighted by Crippen LogP contribution is -2.81. The quantitative estimate of drug-likeness (QED) is 0.773. The zero-order valence-corrected chi connectivity index (χ0v) is 14.5. The fourth-order valence-electron chi connectivity index (χ4n) is 4.06. The van der Waals surface area contributed by atoms with E-state index >= 15 is 0 Å². The summed E-state index contributed by atoms with van der Waals surface area (Å²) >= 11 is 5.94. The second-order valence-electron chi connectivity index (χ2n) is 7.14. The first kappa shape index (κ1) is 17.2. The first-order chi connectivity index (χ1) is 11.2. The lowest BCUT2D eigenvalue weighted by atomic mass is 9.46. The van der Waals surface area contributed by atoms with Crippen molar-refractivity contribution >= 4 is 29.1 Å². The van der Waals surface area contributed by atoms with Crippen molar-refractivity contribution in [1.29, 1.82) is 0 Å². The Bertz CT molecular complexity index is 706. The maximum Gasteiger partial charge on any atom is 0.250 e. The highest BCUT2D eigenvalue weighted by molar-refractivity contribution is 6.34. The van der Waals surface area contributed by atoms with Gasteiger partial charge < -0.3 is 21.5 Å². The van der Waals surface area contributed by atoms with Gasteiger partial charge in [-0.1, -0.05) is 25.4 Å². The van der Waals surface area contributed by atoms with Crippen LogP contribution in [0.2, 0.25) is 5.02 Å². The summed E-state index contributed by atoms with van der Waals surface area (Å²) < 4.78 is 5.82. The van der Waals surface area contributed by atoms with Gasteiger partial charge >= 0.3 is 0 Å². The predicted molar refractivity (Wildman–Crippen MR) is 91.8 cm³/mol. The van der Waals surface area contributed by atoms with Crippen molar-refractivity contribution in [2.24, 2.45) is 22.8 Å². The van der Waals surface area contributed by atoms with Crippen LogP contribution >= 0.6 is 11.6 Å². The fraction of sp³-hybridized carbons (Fsp3) is 0.529. The van der Waals surface area contributed by atoms with Crippen LogP contribution in [0.1, 0.15) is 37.0 Å². The molecule has 2 amide bonds. The molecule has 0 radical (unpaired) electrons. The minimum Gasteiger partial charge on any atom is -0.377 e. The molecule has 3 unspecified atom stereocenters. The van der Waals surface area contributed by atoms with Crippen LogP contribution < -0.4 is 16.8 Å². The van der Waals surface area contributed by atoms with Gasteiger partial charge in [0.05, 0.1) is 16.7 Å². The second-order valence-corrected chi connectivity index (χ2v) is 7.55. The minimum absolute atomic E-state index is 0.00611. The Kier molecular flexibility index (Phi) is 4.10. The average molecular weight is 352 g/mol. The number of rotatable bonds is 3. The molecule has 1 heterocycles. The maximum absolute atomic E-state index is 12.9. The molecule has 2 aliphatic rings. The SMILES string of the molecule is CC1(C)C2OCCCC2C1(N)C(=O)Nc1ccc(Cl)c(C(N)=O)c1. The first-order valence-corrected chi connectivity index (χ1v) is 8.38. The van der Waals surface area contributed by atoms with Crippen LogP contribution in [0.4, 0.5) is 5.69 Å². The molecule has 3 atom stereocenters. The van der Waals surface area contributed by atoms with E-state index in [9.17, 15) is 9.59 Å². The standard InChI is InChI=1S/C17H22ClN3O3/c1-16(2)13-11(4-3-7-24-13)17(16,20)15(23)21-9-5-6-12(18)10(8-9)14(19)22/h5-6,8,11,13H,3-4,7,20H2,1-2H3,(H2,19,22)(H,21,23). The lowest BCUT2D eigenvalue weighted by molar-refractivity contribution is -0.222. The molecule has 3 rings (SSSR count). The number of anilines is 1. The van der Waals surface area contributed by atoms with E-state index in [1.54, 1.807) is 6.07 Å². The lowest BCUT2D eigenvalue weighted by Gasteiger charge is -2.65. The third-order valence-electron chi connectivity index (χ3n) is 5.55. The molecule has 6 nitrogen and oxygen atoms in total. The third-order valence-corrected chi connectivity index (χ3v) is 5.88. The van der Waals surface area contributed by atoms with Crippen molar-refractivity contribution in [2.75, 3.05) is 11.9 Å². The van der Waals surface area contributed by atoms with Crippen LogP contribution in [0.5, 0.6) is 0 Å². The molecule has 24 heavy (non-hydrogen) atoms. The molecule has 7 heteroatoms. The Balaban J connectivity index is 1.84. The molecular weight excluding hydrogens is 330 g/mol. The molecule has 1 saturated carbocycles. The number of halogens is 1. The molecule has 1 aromatic carbocycles.